The molecule has 0 unspecified atom stereocenters. The van der Waals surface area contributed by atoms with Gasteiger partial charge in [0.05, 0.1) is 23.7 Å². The number of phenolic OH excluding ortho intramolecular Hbond substituents is 1. The number of hydrogen-bond acceptors (Lipinski definition) is 5. The molecule has 0 saturated carbocycles. The maximum atomic E-state index is 12.4. The van der Waals surface area contributed by atoms with Crippen LogP contribution in [0.1, 0.15) is 24.3 Å². The number of rotatable bonds is 3. The van der Waals surface area contributed by atoms with Gasteiger partial charge in [0.2, 0.25) is 10.0 Å². The lowest BCUT2D eigenvalue weighted by atomic mass is 9.88. The van der Waals surface area contributed by atoms with E-state index in [0.717, 1.165) is 43.1 Å². The van der Waals surface area contributed by atoms with E-state index in [1.54, 1.807) is 24.4 Å². The molecule has 0 spiro atoms. The van der Waals surface area contributed by atoms with Gasteiger partial charge in [0.15, 0.2) is 0 Å². The summed E-state index contributed by atoms with van der Waals surface area (Å²) in [6.45, 7) is 1.84. The summed E-state index contributed by atoms with van der Waals surface area (Å²) in [5.41, 5.74) is 2.38. The van der Waals surface area contributed by atoms with Gasteiger partial charge >= 0.3 is 0 Å². The Labute approximate surface area is 152 Å². The van der Waals surface area contributed by atoms with Crippen LogP contribution >= 0.6 is 0 Å². The molecule has 1 aliphatic heterocycles. The summed E-state index contributed by atoms with van der Waals surface area (Å²) in [6, 6.07) is 9.15. The SMILES string of the molecule is CS(=O)(=O)n1c(-c2cccc(C3CCNCC3)c2O)cc2ccncc21. The van der Waals surface area contributed by atoms with E-state index in [1.807, 2.05) is 12.1 Å². The molecule has 0 aliphatic carbocycles. The zero-order chi connectivity index (χ0) is 18.3. The summed E-state index contributed by atoms with van der Waals surface area (Å²) >= 11 is 0. The molecule has 26 heavy (non-hydrogen) atoms. The van der Waals surface area contributed by atoms with Crippen molar-refractivity contribution in [2.75, 3.05) is 19.3 Å². The zero-order valence-electron chi connectivity index (χ0n) is 14.5. The van der Waals surface area contributed by atoms with Crippen LogP contribution in [0.2, 0.25) is 0 Å². The van der Waals surface area contributed by atoms with Crippen LogP contribution in [0.4, 0.5) is 0 Å². The Hall–Kier alpha value is -2.38. The number of pyridine rings is 1. The van der Waals surface area contributed by atoms with E-state index in [0.29, 0.717) is 16.8 Å². The number of hydrogen-bond donors (Lipinski definition) is 2. The number of phenols is 1. The molecule has 0 amide bonds. The summed E-state index contributed by atoms with van der Waals surface area (Å²) < 4.78 is 26.2. The van der Waals surface area contributed by atoms with Gasteiger partial charge in [0.1, 0.15) is 5.75 Å². The van der Waals surface area contributed by atoms with Crippen molar-refractivity contribution in [3.05, 3.63) is 48.3 Å². The van der Waals surface area contributed by atoms with Gasteiger partial charge < -0.3 is 10.4 Å². The van der Waals surface area contributed by atoms with Crippen LogP contribution in [0.15, 0.2) is 42.7 Å². The average molecular weight is 371 g/mol. The molecule has 0 atom stereocenters. The third-order valence-corrected chi connectivity index (χ3v) is 6.07. The molecular weight excluding hydrogens is 350 g/mol. The van der Waals surface area contributed by atoms with E-state index in [1.165, 1.54) is 10.2 Å². The Morgan fingerprint density at radius 2 is 2.00 bits per heavy atom. The summed E-state index contributed by atoms with van der Waals surface area (Å²) in [5, 5.41) is 15.1. The fourth-order valence-corrected chi connectivity index (χ4v) is 4.82. The Kier molecular flexibility index (Phi) is 4.20. The van der Waals surface area contributed by atoms with Gasteiger partial charge in [-0.15, -0.1) is 0 Å². The lowest BCUT2D eigenvalue weighted by molar-refractivity contribution is 0.425. The number of para-hydroxylation sites is 1. The maximum Gasteiger partial charge on any atom is 0.236 e. The Bertz CT molecular complexity index is 1070. The predicted molar refractivity (Wildman–Crippen MR) is 102 cm³/mol. The van der Waals surface area contributed by atoms with E-state index in [-0.39, 0.29) is 11.7 Å². The first kappa shape index (κ1) is 17.1. The first-order valence-electron chi connectivity index (χ1n) is 8.66. The first-order valence-corrected chi connectivity index (χ1v) is 10.5. The third-order valence-electron chi connectivity index (χ3n) is 5.02. The van der Waals surface area contributed by atoms with E-state index in [9.17, 15) is 13.5 Å². The fraction of sp³-hybridized carbons (Fsp3) is 0.316. The molecule has 7 heteroatoms. The monoisotopic (exact) mass is 371 g/mol. The smallest absolute Gasteiger partial charge is 0.236 e. The Morgan fingerprint density at radius 1 is 1.23 bits per heavy atom. The first-order chi connectivity index (χ1) is 12.5. The highest BCUT2D eigenvalue weighted by Crippen LogP contribution is 2.40. The average Bonchev–Trinajstić information content (AvgIpc) is 3.02. The van der Waals surface area contributed by atoms with Gasteiger partial charge in [-0.2, -0.15) is 0 Å². The number of nitrogens with zero attached hydrogens (tertiary/aromatic N) is 2. The van der Waals surface area contributed by atoms with E-state index in [4.69, 9.17) is 0 Å². The van der Waals surface area contributed by atoms with Crippen LogP contribution < -0.4 is 5.32 Å². The molecule has 3 heterocycles. The number of benzene rings is 1. The van der Waals surface area contributed by atoms with E-state index >= 15 is 0 Å². The molecule has 2 N–H and O–H groups in total. The third kappa shape index (κ3) is 2.87. The van der Waals surface area contributed by atoms with Gasteiger partial charge in [-0.25, -0.2) is 12.4 Å². The lowest BCUT2D eigenvalue weighted by Gasteiger charge is -2.24. The van der Waals surface area contributed by atoms with Crippen molar-refractivity contribution >= 4 is 20.9 Å². The van der Waals surface area contributed by atoms with E-state index < -0.39 is 10.0 Å². The highest BCUT2D eigenvalue weighted by Gasteiger charge is 2.24. The van der Waals surface area contributed by atoms with Crippen molar-refractivity contribution in [1.82, 2.24) is 14.3 Å². The molecule has 0 bridgehead atoms. The molecule has 6 nitrogen and oxygen atoms in total. The predicted octanol–water partition coefficient (Wildman–Crippen LogP) is 2.68. The van der Waals surface area contributed by atoms with Crippen LogP contribution in [-0.4, -0.2) is 41.8 Å². The zero-order valence-corrected chi connectivity index (χ0v) is 15.3. The number of nitrogens with one attached hydrogen (secondary N) is 1. The summed E-state index contributed by atoms with van der Waals surface area (Å²) in [7, 11) is -3.56. The molecule has 2 aromatic heterocycles. The van der Waals surface area contributed by atoms with Crippen molar-refractivity contribution < 1.29 is 13.5 Å². The van der Waals surface area contributed by atoms with E-state index in [2.05, 4.69) is 10.3 Å². The highest BCUT2D eigenvalue weighted by atomic mass is 32.2. The van der Waals surface area contributed by atoms with Gasteiger partial charge in [-0.3, -0.25) is 4.98 Å². The molecule has 3 aromatic rings. The quantitative estimate of drug-likeness (QED) is 0.739. The fourth-order valence-electron chi connectivity index (χ4n) is 3.80. The maximum absolute atomic E-state index is 12.4. The van der Waals surface area contributed by atoms with Gasteiger partial charge in [-0.05, 0) is 55.6 Å². The summed E-state index contributed by atoms with van der Waals surface area (Å²) in [5.74, 6) is 0.439. The standard InChI is InChI=1S/C19H21N3O3S/c1-26(24,25)22-17(11-14-7-10-21-12-18(14)22)16-4-2-3-15(19(16)23)13-5-8-20-9-6-13/h2-4,7,10-13,20,23H,5-6,8-9H2,1H3. The largest absolute Gasteiger partial charge is 0.507 e. The molecule has 4 rings (SSSR count). The molecule has 1 aromatic carbocycles. The lowest BCUT2D eigenvalue weighted by Crippen LogP contribution is -2.26. The number of aromatic nitrogens is 2. The van der Waals surface area contributed by atoms with Crippen LogP contribution in [0, 0.1) is 0 Å². The minimum Gasteiger partial charge on any atom is -0.507 e. The number of aromatic hydroxyl groups is 1. The number of piperidine rings is 1. The minimum atomic E-state index is -3.56. The summed E-state index contributed by atoms with van der Waals surface area (Å²) in [6.07, 6.45) is 6.24. The van der Waals surface area contributed by atoms with Crippen molar-refractivity contribution in [2.45, 2.75) is 18.8 Å². The number of fused-ring (bicyclic) bond motifs is 1. The van der Waals surface area contributed by atoms with Crippen molar-refractivity contribution in [2.24, 2.45) is 0 Å². The van der Waals surface area contributed by atoms with Crippen LogP contribution in [0.5, 0.6) is 5.75 Å². The second-order valence-corrected chi connectivity index (χ2v) is 8.59. The van der Waals surface area contributed by atoms with Crippen molar-refractivity contribution in [1.29, 1.82) is 0 Å². The van der Waals surface area contributed by atoms with Gasteiger partial charge in [0, 0.05) is 17.1 Å². The molecular formula is C19H21N3O3S. The van der Waals surface area contributed by atoms with Crippen molar-refractivity contribution in [3.8, 4) is 17.0 Å². The van der Waals surface area contributed by atoms with Crippen LogP contribution in [0.3, 0.4) is 0 Å². The summed E-state index contributed by atoms with van der Waals surface area (Å²) in [4.78, 5) is 4.05. The molecule has 1 fully saturated rings. The minimum absolute atomic E-state index is 0.167. The highest BCUT2D eigenvalue weighted by molar-refractivity contribution is 7.89. The van der Waals surface area contributed by atoms with Crippen molar-refractivity contribution in [3.63, 3.8) is 0 Å². The topological polar surface area (TPSA) is 84.2 Å². The molecule has 1 saturated heterocycles. The molecule has 136 valence electrons. The Balaban J connectivity index is 1.94. The van der Waals surface area contributed by atoms with Crippen LogP contribution in [0.25, 0.3) is 22.2 Å². The van der Waals surface area contributed by atoms with Crippen LogP contribution in [-0.2, 0) is 10.0 Å². The van der Waals surface area contributed by atoms with Gasteiger partial charge in [0.25, 0.3) is 0 Å². The second kappa shape index (κ2) is 6.41. The normalized spacial score (nSPS) is 16.2. The molecule has 1 aliphatic rings. The van der Waals surface area contributed by atoms with Gasteiger partial charge in [-0.1, -0.05) is 12.1 Å². The second-order valence-electron chi connectivity index (χ2n) is 6.76. The Morgan fingerprint density at radius 3 is 2.73 bits per heavy atom. The molecule has 0 radical (unpaired) electrons.